The molecule has 2 rings (SSSR count). The number of halogens is 1. The van der Waals surface area contributed by atoms with Crippen LogP contribution in [0.2, 0.25) is 5.02 Å². The summed E-state index contributed by atoms with van der Waals surface area (Å²) in [5, 5.41) is 1.39. The van der Waals surface area contributed by atoms with Crippen molar-refractivity contribution >= 4 is 35.0 Å². The molecule has 0 amide bonds. The van der Waals surface area contributed by atoms with E-state index in [0.29, 0.717) is 23.0 Å². The zero-order valence-corrected chi connectivity index (χ0v) is 11.7. The number of carbonyl (C=O) groups excluding carboxylic acids is 1. The Morgan fingerprint density at radius 1 is 1.56 bits per heavy atom. The quantitative estimate of drug-likeness (QED) is 0.638. The summed E-state index contributed by atoms with van der Waals surface area (Å²) in [4.78, 5) is 16.1. The minimum absolute atomic E-state index is 0.337. The molecule has 0 saturated heterocycles. The monoisotopic (exact) mass is 284 g/mol. The van der Waals surface area contributed by atoms with Crippen LogP contribution in [0.1, 0.15) is 24.3 Å². The van der Waals surface area contributed by atoms with Crippen molar-refractivity contribution in [3.05, 3.63) is 29.0 Å². The Morgan fingerprint density at radius 2 is 2.33 bits per heavy atom. The van der Waals surface area contributed by atoms with E-state index in [1.54, 1.807) is 30.8 Å². The predicted octanol–water partition coefficient (Wildman–Crippen LogP) is 3.28. The fourth-order valence-corrected chi connectivity index (χ4v) is 2.59. The van der Waals surface area contributed by atoms with Gasteiger partial charge in [0.2, 0.25) is 0 Å². The van der Waals surface area contributed by atoms with Crippen molar-refractivity contribution < 1.29 is 9.53 Å². The maximum absolute atomic E-state index is 11.9. The van der Waals surface area contributed by atoms with Crippen molar-refractivity contribution in [2.24, 2.45) is 0 Å². The highest BCUT2D eigenvalue weighted by molar-refractivity contribution is 7.99. The van der Waals surface area contributed by atoms with Crippen LogP contribution < -0.4 is 0 Å². The Kier molecular flexibility index (Phi) is 4.14. The molecule has 2 heterocycles. The Balaban J connectivity index is 2.56. The molecule has 96 valence electrons. The lowest BCUT2D eigenvalue weighted by Gasteiger charge is -2.02. The summed E-state index contributed by atoms with van der Waals surface area (Å²) in [6.45, 7) is 4.13. The van der Waals surface area contributed by atoms with Gasteiger partial charge in [-0.2, -0.15) is 0 Å². The second kappa shape index (κ2) is 5.63. The van der Waals surface area contributed by atoms with Crippen molar-refractivity contribution in [2.75, 3.05) is 12.4 Å². The maximum atomic E-state index is 11.9. The summed E-state index contributed by atoms with van der Waals surface area (Å²) in [5.41, 5.74) is 1.01. The molecular formula is C12H13ClN2O2S. The van der Waals surface area contributed by atoms with Crippen LogP contribution in [0.4, 0.5) is 0 Å². The molecule has 0 spiro atoms. The van der Waals surface area contributed by atoms with Crippen molar-refractivity contribution in [1.29, 1.82) is 0 Å². The molecule has 0 aromatic carbocycles. The second-order valence-corrected chi connectivity index (χ2v) is 5.18. The molecule has 0 unspecified atom stereocenters. The van der Waals surface area contributed by atoms with Gasteiger partial charge in [-0.15, -0.1) is 11.8 Å². The smallest absolute Gasteiger partial charge is 0.359 e. The Hall–Kier alpha value is -1.20. The molecule has 0 aliphatic rings. The van der Waals surface area contributed by atoms with Gasteiger partial charge in [-0.1, -0.05) is 18.5 Å². The lowest BCUT2D eigenvalue weighted by molar-refractivity contribution is 0.0515. The first-order valence-electron chi connectivity index (χ1n) is 5.64. The number of nitrogens with zero attached hydrogens (tertiary/aromatic N) is 2. The number of aromatic nitrogens is 2. The first-order chi connectivity index (χ1) is 8.67. The molecule has 0 aliphatic heterocycles. The minimum atomic E-state index is -0.395. The van der Waals surface area contributed by atoms with Crippen LogP contribution in [-0.2, 0) is 4.74 Å². The number of rotatable bonds is 4. The summed E-state index contributed by atoms with van der Waals surface area (Å²) < 4.78 is 6.87. The fraction of sp³-hybridized carbons (Fsp3) is 0.333. The van der Waals surface area contributed by atoms with Crippen LogP contribution in [0.5, 0.6) is 0 Å². The number of pyridine rings is 1. The number of hydrogen-bond acceptors (Lipinski definition) is 4. The largest absolute Gasteiger partial charge is 0.461 e. The van der Waals surface area contributed by atoms with E-state index in [2.05, 4.69) is 4.98 Å². The standard InChI is InChI=1S/C12H13ClN2O2S/c1-3-17-12(16)10-11(18-4-2)15-6-5-8(13)7-9(15)14-10/h5-7H,3-4H2,1-2H3. The molecular weight excluding hydrogens is 272 g/mol. The molecule has 0 atom stereocenters. The molecule has 6 heteroatoms. The van der Waals surface area contributed by atoms with Gasteiger partial charge in [0.1, 0.15) is 10.7 Å². The van der Waals surface area contributed by atoms with E-state index >= 15 is 0 Å². The summed E-state index contributed by atoms with van der Waals surface area (Å²) in [5.74, 6) is 0.455. The van der Waals surface area contributed by atoms with Crippen LogP contribution >= 0.6 is 23.4 Å². The van der Waals surface area contributed by atoms with Gasteiger partial charge in [-0.05, 0) is 18.7 Å². The number of ether oxygens (including phenoxy) is 1. The first kappa shape index (κ1) is 13.2. The Morgan fingerprint density at radius 3 is 3.00 bits per heavy atom. The van der Waals surface area contributed by atoms with Gasteiger partial charge in [-0.25, -0.2) is 9.78 Å². The third-order valence-corrected chi connectivity index (χ3v) is 3.48. The highest BCUT2D eigenvalue weighted by atomic mass is 35.5. The average Bonchev–Trinajstić information content (AvgIpc) is 2.68. The van der Waals surface area contributed by atoms with Crippen molar-refractivity contribution in [3.8, 4) is 0 Å². The van der Waals surface area contributed by atoms with Gasteiger partial charge < -0.3 is 4.74 Å². The van der Waals surface area contributed by atoms with Gasteiger partial charge in [0, 0.05) is 17.3 Å². The topological polar surface area (TPSA) is 43.6 Å². The van der Waals surface area contributed by atoms with Gasteiger partial charge in [0.05, 0.1) is 6.61 Å². The number of thioether (sulfide) groups is 1. The zero-order chi connectivity index (χ0) is 13.1. The number of imidazole rings is 1. The third-order valence-electron chi connectivity index (χ3n) is 2.29. The molecule has 4 nitrogen and oxygen atoms in total. The van der Waals surface area contributed by atoms with Crippen LogP contribution in [0, 0.1) is 0 Å². The molecule has 2 aromatic heterocycles. The zero-order valence-electron chi connectivity index (χ0n) is 10.1. The number of esters is 1. The molecule has 0 fully saturated rings. The first-order valence-corrected chi connectivity index (χ1v) is 7.01. The summed E-state index contributed by atoms with van der Waals surface area (Å²) in [6.07, 6.45) is 1.81. The fourth-order valence-electron chi connectivity index (χ4n) is 1.60. The van der Waals surface area contributed by atoms with Crippen molar-refractivity contribution in [2.45, 2.75) is 18.9 Å². The van der Waals surface area contributed by atoms with Crippen LogP contribution in [0.15, 0.2) is 23.4 Å². The SMILES string of the molecule is CCOC(=O)c1nc2cc(Cl)ccn2c1SCC. The third kappa shape index (κ3) is 2.47. The summed E-state index contributed by atoms with van der Waals surface area (Å²) in [6, 6.07) is 3.49. The maximum Gasteiger partial charge on any atom is 0.359 e. The molecule has 0 radical (unpaired) electrons. The van der Waals surface area contributed by atoms with Crippen LogP contribution in [0.25, 0.3) is 5.65 Å². The molecule has 0 N–H and O–H groups in total. The molecule has 0 saturated carbocycles. The van der Waals surface area contributed by atoms with Gasteiger partial charge in [-0.3, -0.25) is 4.40 Å². The van der Waals surface area contributed by atoms with E-state index in [1.807, 2.05) is 17.5 Å². The highest BCUT2D eigenvalue weighted by Crippen LogP contribution is 2.26. The lowest BCUT2D eigenvalue weighted by Crippen LogP contribution is -2.06. The van der Waals surface area contributed by atoms with Crippen molar-refractivity contribution in [1.82, 2.24) is 9.38 Å². The highest BCUT2D eigenvalue weighted by Gasteiger charge is 2.20. The number of carbonyl (C=O) groups is 1. The van der Waals surface area contributed by atoms with E-state index in [4.69, 9.17) is 16.3 Å². The Bertz CT molecular complexity index is 583. The predicted molar refractivity (Wildman–Crippen MR) is 72.6 cm³/mol. The van der Waals surface area contributed by atoms with E-state index in [-0.39, 0.29) is 0 Å². The van der Waals surface area contributed by atoms with Crippen LogP contribution in [0.3, 0.4) is 0 Å². The van der Waals surface area contributed by atoms with E-state index < -0.39 is 5.97 Å². The van der Waals surface area contributed by atoms with Gasteiger partial charge >= 0.3 is 5.97 Å². The average molecular weight is 285 g/mol. The van der Waals surface area contributed by atoms with E-state index in [1.165, 1.54) is 0 Å². The van der Waals surface area contributed by atoms with Crippen molar-refractivity contribution in [3.63, 3.8) is 0 Å². The normalized spacial score (nSPS) is 10.8. The number of hydrogen-bond donors (Lipinski definition) is 0. The van der Waals surface area contributed by atoms with E-state index in [9.17, 15) is 4.79 Å². The molecule has 0 aliphatic carbocycles. The minimum Gasteiger partial charge on any atom is -0.461 e. The molecule has 2 aromatic rings. The number of fused-ring (bicyclic) bond motifs is 1. The second-order valence-electron chi connectivity index (χ2n) is 3.49. The van der Waals surface area contributed by atoms with Gasteiger partial charge in [0.25, 0.3) is 0 Å². The van der Waals surface area contributed by atoms with Crippen LogP contribution in [-0.4, -0.2) is 27.7 Å². The van der Waals surface area contributed by atoms with Gasteiger partial charge in [0.15, 0.2) is 5.69 Å². The lowest BCUT2D eigenvalue weighted by atomic mass is 10.5. The summed E-state index contributed by atoms with van der Waals surface area (Å²) in [7, 11) is 0. The summed E-state index contributed by atoms with van der Waals surface area (Å²) >= 11 is 7.48. The molecule has 18 heavy (non-hydrogen) atoms. The van der Waals surface area contributed by atoms with E-state index in [0.717, 1.165) is 10.8 Å². The Labute approximate surface area is 114 Å². The molecule has 0 bridgehead atoms.